The first-order valence-corrected chi connectivity index (χ1v) is 7.00. The first kappa shape index (κ1) is 10.2. The molecular formula is C8H20OSi. The molecule has 0 aromatic rings. The minimum Gasteiger partial charge on any atom is -0.397 e. The zero-order valence-corrected chi connectivity index (χ0v) is 8.65. The van der Waals surface area contributed by atoms with Crippen LogP contribution in [0.25, 0.3) is 0 Å². The van der Waals surface area contributed by atoms with Crippen molar-refractivity contribution in [3.8, 4) is 0 Å². The van der Waals surface area contributed by atoms with E-state index in [9.17, 15) is 5.11 Å². The van der Waals surface area contributed by atoms with Crippen LogP contribution in [0.2, 0.25) is 18.1 Å². The Morgan fingerprint density at radius 3 is 1.40 bits per heavy atom. The van der Waals surface area contributed by atoms with E-state index in [0.29, 0.717) is 0 Å². The van der Waals surface area contributed by atoms with Gasteiger partial charge in [0, 0.05) is 5.73 Å². The monoisotopic (exact) mass is 160 g/mol. The van der Waals surface area contributed by atoms with Gasteiger partial charge in [0.15, 0.2) is 0 Å². The Hall–Kier alpha value is 0.177. The van der Waals surface area contributed by atoms with Crippen molar-refractivity contribution in [1.82, 2.24) is 0 Å². The maximum absolute atomic E-state index is 9.52. The summed E-state index contributed by atoms with van der Waals surface area (Å²) in [5.74, 6) is 0. The van der Waals surface area contributed by atoms with Crippen molar-refractivity contribution in [2.75, 3.05) is 0 Å². The molecule has 10 heavy (non-hydrogen) atoms. The number of aliphatic hydroxyl groups excluding tert-OH is 1. The molecule has 0 bridgehead atoms. The van der Waals surface area contributed by atoms with Gasteiger partial charge in [-0.1, -0.05) is 38.9 Å². The lowest BCUT2D eigenvalue weighted by Gasteiger charge is -2.30. The van der Waals surface area contributed by atoms with Gasteiger partial charge in [-0.15, -0.1) is 0 Å². The van der Waals surface area contributed by atoms with E-state index in [1.807, 2.05) is 6.92 Å². The van der Waals surface area contributed by atoms with Crippen molar-refractivity contribution < 1.29 is 5.11 Å². The fourth-order valence-electron chi connectivity index (χ4n) is 1.64. The summed E-state index contributed by atoms with van der Waals surface area (Å²) < 4.78 is 0. The van der Waals surface area contributed by atoms with Gasteiger partial charge in [0.1, 0.15) is 0 Å². The molecule has 1 N–H and O–H groups in total. The van der Waals surface area contributed by atoms with Crippen molar-refractivity contribution in [3.63, 3.8) is 0 Å². The van der Waals surface area contributed by atoms with Crippen molar-refractivity contribution in [2.45, 2.75) is 51.6 Å². The molecule has 0 aromatic heterocycles. The molecule has 0 aliphatic carbocycles. The van der Waals surface area contributed by atoms with Gasteiger partial charge in [-0.3, -0.25) is 0 Å². The molecule has 0 aliphatic rings. The van der Waals surface area contributed by atoms with Gasteiger partial charge in [0.2, 0.25) is 0 Å². The third-order valence-electron chi connectivity index (χ3n) is 3.00. The van der Waals surface area contributed by atoms with Crippen LogP contribution in [0.4, 0.5) is 0 Å². The topological polar surface area (TPSA) is 20.2 Å². The predicted molar refractivity (Wildman–Crippen MR) is 48.9 cm³/mol. The highest BCUT2D eigenvalue weighted by Crippen LogP contribution is 2.23. The molecule has 0 amide bonds. The van der Waals surface area contributed by atoms with Gasteiger partial charge in [-0.05, 0) is 6.92 Å². The summed E-state index contributed by atoms with van der Waals surface area (Å²) in [6, 6.07) is 3.66. The normalized spacial score (nSPS) is 15.3. The summed E-state index contributed by atoms with van der Waals surface area (Å²) in [6.07, 6.45) is 0. The van der Waals surface area contributed by atoms with Crippen LogP contribution in [0.3, 0.4) is 0 Å². The van der Waals surface area contributed by atoms with E-state index >= 15 is 0 Å². The van der Waals surface area contributed by atoms with Gasteiger partial charge in [0.05, 0.1) is 8.07 Å². The summed E-state index contributed by atoms with van der Waals surface area (Å²) in [5.41, 5.74) is -0.0208. The Morgan fingerprint density at radius 1 is 1.10 bits per heavy atom. The highest BCUT2D eigenvalue weighted by Gasteiger charge is 2.31. The molecule has 0 aromatic carbocycles. The lowest BCUT2D eigenvalue weighted by Crippen LogP contribution is -2.43. The molecule has 0 rings (SSSR count). The van der Waals surface area contributed by atoms with Gasteiger partial charge < -0.3 is 5.11 Å². The molecule has 0 saturated carbocycles. The summed E-state index contributed by atoms with van der Waals surface area (Å²) in [7, 11) is -1.24. The summed E-state index contributed by atoms with van der Waals surface area (Å²) in [4.78, 5) is 0. The fourth-order valence-corrected chi connectivity index (χ4v) is 4.91. The standard InChI is InChI=1S/C8H20OSi/c1-5-10(6-2,7-3)8(4)9/h8-9H,5-7H2,1-4H3. The van der Waals surface area contributed by atoms with E-state index < -0.39 is 8.07 Å². The van der Waals surface area contributed by atoms with E-state index in [-0.39, 0.29) is 5.73 Å². The van der Waals surface area contributed by atoms with Crippen molar-refractivity contribution in [2.24, 2.45) is 0 Å². The minimum absolute atomic E-state index is 0.0208. The first-order valence-electron chi connectivity index (χ1n) is 4.31. The number of hydrogen-bond donors (Lipinski definition) is 1. The van der Waals surface area contributed by atoms with Gasteiger partial charge in [-0.2, -0.15) is 0 Å². The quantitative estimate of drug-likeness (QED) is 0.626. The predicted octanol–water partition coefficient (Wildman–Crippen LogP) is 2.41. The SMILES string of the molecule is CC[Si](CC)(CC)C(C)O. The molecule has 62 valence electrons. The number of hydrogen-bond acceptors (Lipinski definition) is 1. The highest BCUT2D eigenvalue weighted by atomic mass is 28.3. The third kappa shape index (κ3) is 1.83. The molecule has 1 nitrogen and oxygen atoms in total. The van der Waals surface area contributed by atoms with Crippen molar-refractivity contribution in [3.05, 3.63) is 0 Å². The second-order valence-corrected chi connectivity index (χ2v) is 8.78. The Kier molecular flexibility index (Phi) is 4.21. The average molecular weight is 160 g/mol. The first-order chi connectivity index (χ1) is 4.63. The molecule has 0 spiro atoms. The van der Waals surface area contributed by atoms with E-state index in [1.54, 1.807) is 0 Å². The molecule has 0 aliphatic heterocycles. The molecule has 1 unspecified atom stereocenters. The molecule has 0 saturated heterocycles. The molecule has 0 heterocycles. The lowest BCUT2D eigenvalue weighted by atomic mass is 10.8. The van der Waals surface area contributed by atoms with Crippen LogP contribution >= 0.6 is 0 Å². The van der Waals surface area contributed by atoms with Crippen LogP contribution in [-0.2, 0) is 0 Å². The maximum atomic E-state index is 9.52. The van der Waals surface area contributed by atoms with Gasteiger partial charge >= 0.3 is 0 Å². The van der Waals surface area contributed by atoms with Crippen LogP contribution in [0, 0.1) is 0 Å². The Bertz CT molecular complexity index is 79.0. The van der Waals surface area contributed by atoms with Gasteiger partial charge in [0.25, 0.3) is 0 Å². The van der Waals surface area contributed by atoms with Crippen LogP contribution in [0.1, 0.15) is 27.7 Å². The van der Waals surface area contributed by atoms with Gasteiger partial charge in [-0.25, -0.2) is 0 Å². The Labute approximate surface area is 65.5 Å². The maximum Gasteiger partial charge on any atom is 0.0861 e. The molecule has 2 heteroatoms. The second-order valence-electron chi connectivity index (χ2n) is 3.10. The summed E-state index contributed by atoms with van der Waals surface area (Å²) in [5, 5.41) is 9.52. The summed E-state index contributed by atoms with van der Waals surface area (Å²) >= 11 is 0. The van der Waals surface area contributed by atoms with E-state index in [1.165, 1.54) is 18.1 Å². The molecule has 1 atom stereocenters. The fraction of sp³-hybridized carbons (Fsp3) is 1.00. The van der Waals surface area contributed by atoms with Crippen LogP contribution in [0.5, 0.6) is 0 Å². The second kappa shape index (κ2) is 4.14. The third-order valence-corrected chi connectivity index (χ3v) is 9.00. The highest BCUT2D eigenvalue weighted by molar-refractivity contribution is 6.80. The van der Waals surface area contributed by atoms with E-state index in [4.69, 9.17) is 0 Å². The largest absolute Gasteiger partial charge is 0.397 e. The van der Waals surface area contributed by atoms with Crippen LogP contribution in [-0.4, -0.2) is 18.9 Å². The summed E-state index contributed by atoms with van der Waals surface area (Å²) in [6.45, 7) is 8.60. The molecule has 0 fully saturated rings. The molecule has 0 radical (unpaired) electrons. The molecular weight excluding hydrogens is 140 g/mol. The zero-order valence-electron chi connectivity index (χ0n) is 7.65. The number of rotatable bonds is 4. The van der Waals surface area contributed by atoms with Crippen LogP contribution < -0.4 is 0 Å². The number of aliphatic hydroxyl groups is 1. The Morgan fingerprint density at radius 2 is 1.40 bits per heavy atom. The lowest BCUT2D eigenvalue weighted by molar-refractivity contribution is 0.261. The smallest absolute Gasteiger partial charge is 0.0861 e. The minimum atomic E-state index is -1.24. The van der Waals surface area contributed by atoms with Crippen molar-refractivity contribution >= 4 is 8.07 Å². The average Bonchev–Trinajstić information content (AvgIpc) is 1.92. The van der Waals surface area contributed by atoms with Crippen molar-refractivity contribution in [1.29, 1.82) is 0 Å². The van der Waals surface area contributed by atoms with E-state index in [2.05, 4.69) is 20.8 Å². The zero-order chi connectivity index (χ0) is 8.20. The van der Waals surface area contributed by atoms with E-state index in [0.717, 1.165) is 0 Å². The Balaban J connectivity index is 4.15. The van der Waals surface area contributed by atoms with Crippen LogP contribution in [0.15, 0.2) is 0 Å².